The number of methoxy groups -OCH3 is 1. The quantitative estimate of drug-likeness (QED) is 0.802. The van der Waals surface area contributed by atoms with Crippen LogP contribution in [0.2, 0.25) is 0 Å². The maximum Gasteiger partial charge on any atom is 0.256 e. The Morgan fingerprint density at radius 2 is 1.75 bits per heavy atom. The molecular weight excluding hydrogens is 358 g/mol. The number of carbonyl (C=O) groups is 2. The van der Waals surface area contributed by atoms with E-state index in [0.29, 0.717) is 24.7 Å². The van der Waals surface area contributed by atoms with Crippen molar-refractivity contribution in [1.29, 1.82) is 0 Å². The average molecular weight is 381 g/mol. The predicted octanol–water partition coefficient (Wildman–Crippen LogP) is 2.28. The van der Waals surface area contributed by atoms with Crippen molar-refractivity contribution in [1.82, 2.24) is 0 Å². The van der Waals surface area contributed by atoms with Crippen LogP contribution >= 0.6 is 0 Å². The normalized spacial score (nSPS) is 19.8. The highest BCUT2D eigenvalue weighted by Gasteiger charge is 2.40. The highest BCUT2D eigenvalue weighted by molar-refractivity contribution is 6.23. The van der Waals surface area contributed by atoms with Gasteiger partial charge in [0.1, 0.15) is 11.8 Å². The van der Waals surface area contributed by atoms with Gasteiger partial charge in [0.25, 0.3) is 5.91 Å². The minimum Gasteiger partial charge on any atom is -0.497 e. The van der Waals surface area contributed by atoms with Crippen LogP contribution in [0.1, 0.15) is 6.42 Å². The number of carbonyl (C=O) groups excluding carboxylic acids is 2. The molecule has 0 spiro atoms. The SMILES string of the molecule is COc1ccc(N2C(=O)C[C@@H](Nc3ccccc3N3CCOCC3)C2=O)cc1. The summed E-state index contributed by atoms with van der Waals surface area (Å²) in [7, 11) is 1.58. The van der Waals surface area contributed by atoms with Gasteiger partial charge in [-0.2, -0.15) is 0 Å². The Hall–Kier alpha value is -3.06. The molecule has 2 saturated heterocycles. The van der Waals surface area contributed by atoms with Gasteiger partial charge in [0.15, 0.2) is 0 Å². The first-order valence-electron chi connectivity index (χ1n) is 9.36. The van der Waals surface area contributed by atoms with Crippen LogP contribution in [-0.2, 0) is 14.3 Å². The van der Waals surface area contributed by atoms with Crippen LogP contribution in [0, 0.1) is 0 Å². The number of hydrogen-bond donors (Lipinski definition) is 1. The van der Waals surface area contributed by atoms with Crippen molar-refractivity contribution < 1.29 is 19.1 Å². The Bertz CT molecular complexity index is 862. The lowest BCUT2D eigenvalue weighted by Crippen LogP contribution is -2.38. The lowest BCUT2D eigenvalue weighted by atomic mass is 10.2. The molecule has 4 rings (SSSR count). The summed E-state index contributed by atoms with van der Waals surface area (Å²) in [5.41, 5.74) is 2.43. The molecule has 2 aromatic rings. The Labute approximate surface area is 163 Å². The van der Waals surface area contributed by atoms with E-state index >= 15 is 0 Å². The summed E-state index contributed by atoms with van der Waals surface area (Å²) in [6.45, 7) is 2.96. The van der Waals surface area contributed by atoms with Crippen LogP contribution in [0.4, 0.5) is 17.1 Å². The van der Waals surface area contributed by atoms with Gasteiger partial charge < -0.3 is 19.7 Å². The summed E-state index contributed by atoms with van der Waals surface area (Å²) >= 11 is 0. The molecule has 0 unspecified atom stereocenters. The fourth-order valence-corrected chi connectivity index (χ4v) is 3.61. The number of morpholine rings is 1. The van der Waals surface area contributed by atoms with Gasteiger partial charge in [-0.25, -0.2) is 4.90 Å². The third-order valence-electron chi connectivity index (χ3n) is 5.06. The van der Waals surface area contributed by atoms with E-state index in [-0.39, 0.29) is 18.2 Å². The summed E-state index contributed by atoms with van der Waals surface area (Å²) < 4.78 is 10.6. The van der Waals surface area contributed by atoms with Crippen LogP contribution in [0.5, 0.6) is 5.75 Å². The van der Waals surface area contributed by atoms with E-state index in [9.17, 15) is 9.59 Å². The van der Waals surface area contributed by atoms with Gasteiger partial charge in [0, 0.05) is 13.1 Å². The van der Waals surface area contributed by atoms with Crippen molar-refractivity contribution in [2.45, 2.75) is 12.5 Å². The first-order chi connectivity index (χ1) is 13.7. The number of ether oxygens (including phenoxy) is 2. The molecule has 2 heterocycles. The molecule has 0 radical (unpaired) electrons. The zero-order valence-corrected chi connectivity index (χ0v) is 15.8. The molecule has 146 valence electrons. The van der Waals surface area contributed by atoms with E-state index in [1.54, 1.807) is 31.4 Å². The third-order valence-corrected chi connectivity index (χ3v) is 5.06. The van der Waals surface area contributed by atoms with E-state index < -0.39 is 6.04 Å². The Kier molecular flexibility index (Phi) is 5.16. The second kappa shape index (κ2) is 7.90. The van der Waals surface area contributed by atoms with Gasteiger partial charge in [0.2, 0.25) is 5.91 Å². The fraction of sp³-hybridized carbons (Fsp3) is 0.333. The smallest absolute Gasteiger partial charge is 0.256 e. The zero-order valence-electron chi connectivity index (χ0n) is 15.8. The van der Waals surface area contributed by atoms with Crippen LogP contribution in [0.3, 0.4) is 0 Å². The fourth-order valence-electron chi connectivity index (χ4n) is 3.61. The summed E-state index contributed by atoms with van der Waals surface area (Å²) in [4.78, 5) is 28.9. The van der Waals surface area contributed by atoms with Crippen molar-refractivity contribution in [3.63, 3.8) is 0 Å². The van der Waals surface area contributed by atoms with E-state index in [2.05, 4.69) is 10.2 Å². The molecule has 2 aliphatic rings. The molecule has 2 aromatic carbocycles. The molecule has 7 nitrogen and oxygen atoms in total. The van der Waals surface area contributed by atoms with E-state index in [4.69, 9.17) is 9.47 Å². The van der Waals surface area contributed by atoms with Crippen molar-refractivity contribution in [2.24, 2.45) is 0 Å². The molecule has 2 aliphatic heterocycles. The maximum absolute atomic E-state index is 12.9. The Morgan fingerprint density at radius 1 is 1.04 bits per heavy atom. The van der Waals surface area contributed by atoms with Crippen LogP contribution in [-0.4, -0.2) is 51.3 Å². The molecule has 28 heavy (non-hydrogen) atoms. The second-order valence-corrected chi connectivity index (χ2v) is 6.78. The highest BCUT2D eigenvalue weighted by atomic mass is 16.5. The minimum atomic E-state index is -0.586. The third kappa shape index (κ3) is 3.53. The predicted molar refractivity (Wildman–Crippen MR) is 107 cm³/mol. The maximum atomic E-state index is 12.9. The summed E-state index contributed by atoms with van der Waals surface area (Å²) in [5, 5.41) is 3.29. The molecule has 1 N–H and O–H groups in total. The summed E-state index contributed by atoms with van der Waals surface area (Å²) in [6, 6.07) is 14.2. The molecule has 0 aromatic heterocycles. The minimum absolute atomic E-state index is 0.127. The number of benzene rings is 2. The van der Waals surface area contributed by atoms with Gasteiger partial charge in [-0.3, -0.25) is 9.59 Å². The molecule has 2 fully saturated rings. The Balaban J connectivity index is 1.53. The van der Waals surface area contributed by atoms with E-state index in [0.717, 1.165) is 24.5 Å². The van der Waals surface area contributed by atoms with Crippen molar-refractivity contribution in [2.75, 3.05) is 48.5 Å². The first-order valence-corrected chi connectivity index (χ1v) is 9.36. The molecule has 0 saturated carbocycles. The standard InChI is InChI=1S/C21H23N3O4/c1-27-16-8-6-15(7-9-16)24-20(25)14-18(21(24)26)22-17-4-2-3-5-19(17)23-10-12-28-13-11-23/h2-9,18,22H,10-14H2,1H3/t18-/m1/s1. The van der Waals surface area contributed by atoms with Gasteiger partial charge >= 0.3 is 0 Å². The number of anilines is 3. The van der Waals surface area contributed by atoms with Crippen molar-refractivity contribution in [3.8, 4) is 5.75 Å². The number of imide groups is 1. The molecule has 0 bridgehead atoms. The van der Waals surface area contributed by atoms with Crippen LogP contribution in [0.25, 0.3) is 0 Å². The summed E-state index contributed by atoms with van der Waals surface area (Å²) in [6.07, 6.45) is 0.127. The lowest BCUT2D eigenvalue weighted by molar-refractivity contribution is -0.121. The number of rotatable bonds is 5. The van der Waals surface area contributed by atoms with Crippen LogP contribution in [0.15, 0.2) is 48.5 Å². The molecule has 0 aliphatic carbocycles. The van der Waals surface area contributed by atoms with E-state index in [1.807, 2.05) is 24.3 Å². The van der Waals surface area contributed by atoms with Gasteiger partial charge in [0.05, 0.1) is 43.8 Å². The molecule has 2 amide bonds. The number of amides is 2. The second-order valence-electron chi connectivity index (χ2n) is 6.78. The van der Waals surface area contributed by atoms with Crippen molar-refractivity contribution >= 4 is 28.9 Å². The average Bonchev–Trinajstić information content (AvgIpc) is 3.02. The molecule has 7 heteroatoms. The van der Waals surface area contributed by atoms with Gasteiger partial charge in [-0.05, 0) is 36.4 Å². The molecule has 1 atom stereocenters. The number of nitrogens with zero attached hydrogens (tertiary/aromatic N) is 2. The monoisotopic (exact) mass is 381 g/mol. The number of nitrogens with one attached hydrogen (secondary N) is 1. The van der Waals surface area contributed by atoms with Crippen LogP contribution < -0.4 is 19.9 Å². The van der Waals surface area contributed by atoms with E-state index in [1.165, 1.54) is 4.90 Å². The topological polar surface area (TPSA) is 71.1 Å². The van der Waals surface area contributed by atoms with Gasteiger partial charge in [-0.15, -0.1) is 0 Å². The lowest BCUT2D eigenvalue weighted by Gasteiger charge is -2.31. The Morgan fingerprint density at radius 3 is 2.46 bits per heavy atom. The van der Waals surface area contributed by atoms with Gasteiger partial charge in [-0.1, -0.05) is 12.1 Å². The number of para-hydroxylation sites is 2. The molecular formula is C21H23N3O4. The first kappa shape index (κ1) is 18.3. The van der Waals surface area contributed by atoms with Crippen molar-refractivity contribution in [3.05, 3.63) is 48.5 Å². The summed E-state index contributed by atoms with van der Waals surface area (Å²) in [5.74, 6) is 0.223. The number of hydrogen-bond acceptors (Lipinski definition) is 6. The largest absolute Gasteiger partial charge is 0.497 e. The highest BCUT2D eigenvalue weighted by Crippen LogP contribution is 2.31. The zero-order chi connectivity index (χ0) is 19.5.